The number of carbonyl (C=O) groups excluding carboxylic acids is 1. The second kappa shape index (κ2) is 4.24. The van der Waals surface area contributed by atoms with Crippen molar-refractivity contribution in [2.24, 2.45) is 5.92 Å². The van der Waals surface area contributed by atoms with Crippen LogP contribution in [0.1, 0.15) is 12.8 Å². The highest BCUT2D eigenvalue weighted by Crippen LogP contribution is 2.40. The van der Waals surface area contributed by atoms with Crippen molar-refractivity contribution in [3.05, 3.63) is 16.5 Å². The molecule has 18 heavy (non-hydrogen) atoms. The van der Waals surface area contributed by atoms with Crippen LogP contribution in [0, 0.1) is 5.92 Å². The third-order valence-electron chi connectivity index (χ3n) is 3.39. The second-order valence-corrected chi connectivity index (χ2v) is 5.48. The molecule has 1 aromatic rings. The fraction of sp³-hybridized carbons (Fsp3) is 0.545. The minimum Gasteiger partial charge on any atom is -0.325 e. The molecule has 1 atom stereocenters. The van der Waals surface area contributed by atoms with Crippen LogP contribution in [0.4, 0.5) is 10.6 Å². The lowest BCUT2D eigenvalue weighted by Crippen LogP contribution is -2.36. The molecule has 2 aliphatic rings. The van der Waals surface area contributed by atoms with Crippen LogP contribution in [0.25, 0.3) is 0 Å². The van der Waals surface area contributed by atoms with Crippen molar-refractivity contribution in [1.82, 2.24) is 14.9 Å². The molecule has 0 bridgehead atoms. The Bertz CT molecular complexity index is 486. The van der Waals surface area contributed by atoms with Gasteiger partial charge >= 0.3 is 6.03 Å². The fourth-order valence-corrected chi connectivity index (χ4v) is 2.78. The first-order chi connectivity index (χ1) is 8.56. The SMILES string of the molecule is CN1CC(C2CC2)N(c2cc(Cl)nc(Cl)n2)C1=O. The third kappa shape index (κ3) is 2.01. The maximum absolute atomic E-state index is 12.2. The van der Waals surface area contributed by atoms with Crippen molar-refractivity contribution in [2.75, 3.05) is 18.5 Å². The maximum Gasteiger partial charge on any atom is 0.325 e. The van der Waals surface area contributed by atoms with Gasteiger partial charge in [0.2, 0.25) is 5.28 Å². The molecule has 2 amide bonds. The molecule has 1 aliphatic heterocycles. The number of nitrogens with zero attached hydrogens (tertiary/aromatic N) is 4. The molecule has 7 heteroatoms. The summed E-state index contributed by atoms with van der Waals surface area (Å²) in [6.45, 7) is 0.725. The number of likely N-dealkylation sites (N-methyl/N-ethyl adjacent to an activating group) is 1. The predicted molar refractivity (Wildman–Crippen MR) is 69.1 cm³/mol. The van der Waals surface area contributed by atoms with Crippen molar-refractivity contribution >= 4 is 35.1 Å². The van der Waals surface area contributed by atoms with Crippen LogP contribution < -0.4 is 4.90 Å². The summed E-state index contributed by atoms with van der Waals surface area (Å²) >= 11 is 11.7. The van der Waals surface area contributed by atoms with Gasteiger partial charge in [0.05, 0.1) is 6.04 Å². The average Bonchev–Trinajstić information content (AvgIpc) is 3.06. The standard InChI is InChI=1S/C11H12Cl2N4O/c1-16-5-7(6-2-3-6)17(11(16)18)9-4-8(12)14-10(13)15-9/h4,6-7H,2-3,5H2,1H3. The van der Waals surface area contributed by atoms with Crippen LogP contribution in [0.15, 0.2) is 6.07 Å². The van der Waals surface area contributed by atoms with E-state index in [-0.39, 0.29) is 22.5 Å². The normalized spacial score (nSPS) is 23.9. The predicted octanol–water partition coefficient (Wildman–Crippen LogP) is 2.43. The van der Waals surface area contributed by atoms with Gasteiger partial charge in [0.1, 0.15) is 11.0 Å². The fourth-order valence-electron chi connectivity index (χ4n) is 2.38. The summed E-state index contributed by atoms with van der Waals surface area (Å²) in [7, 11) is 1.79. The molecular weight excluding hydrogens is 275 g/mol. The van der Waals surface area contributed by atoms with Crippen LogP contribution in [0.5, 0.6) is 0 Å². The number of urea groups is 1. The van der Waals surface area contributed by atoms with Gasteiger partial charge in [-0.3, -0.25) is 4.90 Å². The summed E-state index contributed by atoms with van der Waals surface area (Å²) in [5.74, 6) is 1.05. The summed E-state index contributed by atoms with van der Waals surface area (Å²) in [6.07, 6.45) is 2.32. The molecule has 1 unspecified atom stereocenters. The number of aromatic nitrogens is 2. The molecular formula is C11H12Cl2N4O. The highest BCUT2D eigenvalue weighted by Gasteiger charge is 2.45. The van der Waals surface area contributed by atoms with Crippen LogP contribution in [0.2, 0.25) is 10.4 Å². The molecule has 0 N–H and O–H groups in total. The first kappa shape index (κ1) is 12.0. The second-order valence-electron chi connectivity index (χ2n) is 4.76. The van der Waals surface area contributed by atoms with Gasteiger partial charge in [-0.05, 0) is 30.4 Å². The Balaban J connectivity index is 1.99. The smallest absolute Gasteiger partial charge is 0.325 e. The molecule has 96 valence electrons. The number of amides is 2. The molecule has 1 saturated carbocycles. The van der Waals surface area contributed by atoms with Gasteiger partial charge in [0.25, 0.3) is 0 Å². The molecule has 0 spiro atoms. The van der Waals surface area contributed by atoms with Crippen molar-refractivity contribution in [2.45, 2.75) is 18.9 Å². The van der Waals surface area contributed by atoms with Gasteiger partial charge in [-0.1, -0.05) is 11.6 Å². The summed E-state index contributed by atoms with van der Waals surface area (Å²) in [6, 6.07) is 1.70. The van der Waals surface area contributed by atoms with E-state index < -0.39 is 0 Å². The minimum atomic E-state index is -0.0577. The molecule has 2 fully saturated rings. The van der Waals surface area contributed by atoms with Gasteiger partial charge in [-0.2, -0.15) is 0 Å². The number of anilines is 1. The zero-order valence-electron chi connectivity index (χ0n) is 9.81. The lowest BCUT2D eigenvalue weighted by Gasteiger charge is -2.21. The molecule has 1 aromatic heterocycles. The van der Waals surface area contributed by atoms with Crippen LogP contribution >= 0.6 is 23.2 Å². The summed E-state index contributed by atoms with van der Waals surface area (Å²) in [5, 5.41) is 0.316. The van der Waals surface area contributed by atoms with Crippen LogP contribution in [0.3, 0.4) is 0 Å². The topological polar surface area (TPSA) is 49.3 Å². The number of rotatable bonds is 2. The van der Waals surface area contributed by atoms with E-state index in [9.17, 15) is 4.79 Å². The van der Waals surface area contributed by atoms with E-state index in [2.05, 4.69) is 9.97 Å². The number of carbonyl (C=O) groups is 1. The van der Waals surface area contributed by atoms with E-state index in [4.69, 9.17) is 23.2 Å². The quantitative estimate of drug-likeness (QED) is 0.620. The molecule has 2 heterocycles. The lowest BCUT2D eigenvalue weighted by molar-refractivity contribution is 0.229. The Labute approximate surface area is 115 Å². The summed E-state index contributed by atoms with van der Waals surface area (Å²) < 4.78 is 0. The van der Waals surface area contributed by atoms with E-state index in [1.54, 1.807) is 22.9 Å². The highest BCUT2D eigenvalue weighted by molar-refractivity contribution is 6.32. The molecule has 1 saturated heterocycles. The zero-order chi connectivity index (χ0) is 12.9. The Morgan fingerprint density at radius 2 is 2.06 bits per heavy atom. The molecule has 3 rings (SSSR count). The Kier molecular flexibility index (Phi) is 2.83. The Hall–Kier alpha value is -1.07. The monoisotopic (exact) mass is 286 g/mol. The van der Waals surface area contributed by atoms with Gasteiger partial charge in [-0.25, -0.2) is 14.8 Å². The van der Waals surface area contributed by atoms with Crippen molar-refractivity contribution < 1.29 is 4.79 Å². The summed E-state index contributed by atoms with van der Waals surface area (Å²) in [5.41, 5.74) is 0. The van der Waals surface area contributed by atoms with Gasteiger partial charge < -0.3 is 4.90 Å². The third-order valence-corrected chi connectivity index (χ3v) is 3.75. The molecule has 5 nitrogen and oxygen atoms in total. The first-order valence-electron chi connectivity index (χ1n) is 5.80. The highest BCUT2D eigenvalue weighted by atomic mass is 35.5. The first-order valence-corrected chi connectivity index (χ1v) is 6.56. The van der Waals surface area contributed by atoms with Gasteiger partial charge in [-0.15, -0.1) is 0 Å². The Morgan fingerprint density at radius 3 is 2.67 bits per heavy atom. The van der Waals surface area contributed by atoms with E-state index in [1.807, 2.05) is 0 Å². The van der Waals surface area contributed by atoms with Crippen molar-refractivity contribution in [1.29, 1.82) is 0 Å². The van der Waals surface area contributed by atoms with Gasteiger partial charge in [0, 0.05) is 19.7 Å². The summed E-state index contributed by atoms with van der Waals surface area (Å²) in [4.78, 5) is 23.5. The number of hydrogen-bond donors (Lipinski definition) is 0. The Morgan fingerprint density at radius 1 is 1.33 bits per heavy atom. The largest absolute Gasteiger partial charge is 0.325 e. The van der Waals surface area contributed by atoms with E-state index in [1.165, 1.54) is 0 Å². The number of hydrogen-bond acceptors (Lipinski definition) is 3. The average molecular weight is 287 g/mol. The van der Waals surface area contributed by atoms with Gasteiger partial charge in [0.15, 0.2) is 0 Å². The maximum atomic E-state index is 12.2. The zero-order valence-corrected chi connectivity index (χ0v) is 11.3. The van der Waals surface area contributed by atoms with Crippen LogP contribution in [-0.4, -0.2) is 40.5 Å². The van der Waals surface area contributed by atoms with Crippen LogP contribution in [-0.2, 0) is 0 Å². The van der Waals surface area contributed by atoms with Crippen molar-refractivity contribution in [3.8, 4) is 0 Å². The minimum absolute atomic E-state index is 0.0577. The molecule has 0 radical (unpaired) electrons. The molecule has 0 aromatic carbocycles. The van der Waals surface area contributed by atoms with E-state index in [0.717, 1.165) is 19.4 Å². The molecule has 1 aliphatic carbocycles. The lowest BCUT2D eigenvalue weighted by atomic mass is 10.2. The van der Waals surface area contributed by atoms with Crippen molar-refractivity contribution in [3.63, 3.8) is 0 Å². The van der Waals surface area contributed by atoms with E-state index >= 15 is 0 Å². The van der Waals surface area contributed by atoms with E-state index in [0.29, 0.717) is 11.7 Å². The number of halogens is 2.